The smallest absolute Gasteiger partial charge is 0.0574 e. The first-order chi connectivity index (χ1) is 5.33. The predicted molar refractivity (Wildman–Crippen MR) is 43.8 cm³/mol. The van der Waals surface area contributed by atoms with Crippen LogP contribution in [0.5, 0.6) is 0 Å². The first kappa shape index (κ1) is 7.18. The van der Waals surface area contributed by atoms with Gasteiger partial charge in [0.1, 0.15) is 0 Å². The Labute approximate surface area is 67.8 Å². The molecule has 2 fully saturated rings. The minimum atomic E-state index is -0.0351. The van der Waals surface area contributed by atoms with E-state index in [9.17, 15) is 5.11 Å². The largest absolute Gasteiger partial charge is 0.393 e. The molecule has 4 atom stereocenters. The molecule has 2 saturated carbocycles. The molecule has 0 amide bonds. The van der Waals surface area contributed by atoms with Gasteiger partial charge in [-0.2, -0.15) is 0 Å². The number of hydrogen-bond acceptors (Lipinski definition) is 1. The van der Waals surface area contributed by atoms with E-state index in [1.165, 1.54) is 12.8 Å². The number of aliphatic hydroxyl groups is 1. The third kappa shape index (κ3) is 0.973. The summed E-state index contributed by atoms with van der Waals surface area (Å²) in [4.78, 5) is 0. The highest BCUT2D eigenvalue weighted by molar-refractivity contribution is 5.01. The second-order valence-electron chi connectivity index (χ2n) is 3.88. The molecule has 0 aromatic rings. The summed E-state index contributed by atoms with van der Waals surface area (Å²) in [6, 6.07) is 0. The summed E-state index contributed by atoms with van der Waals surface area (Å²) < 4.78 is 0. The van der Waals surface area contributed by atoms with Crippen molar-refractivity contribution in [3.05, 3.63) is 0 Å². The molecule has 0 spiro atoms. The minimum Gasteiger partial charge on any atom is -0.393 e. The van der Waals surface area contributed by atoms with Crippen molar-refractivity contribution in [1.29, 1.82) is 0 Å². The minimum absolute atomic E-state index is 0.0351. The zero-order chi connectivity index (χ0) is 7.84. The van der Waals surface area contributed by atoms with E-state index in [4.69, 9.17) is 6.42 Å². The van der Waals surface area contributed by atoms with Gasteiger partial charge in [-0.1, -0.05) is 0 Å². The van der Waals surface area contributed by atoms with Gasteiger partial charge in [-0.05, 0) is 37.0 Å². The van der Waals surface area contributed by atoms with Gasteiger partial charge in [-0.15, -0.1) is 12.3 Å². The van der Waals surface area contributed by atoms with Gasteiger partial charge in [0.25, 0.3) is 0 Å². The molecule has 0 unspecified atom stereocenters. The second kappa shape index (κ2) is 2.53. The van der Waals surface area contributed by atoms with Crippen LogP contribution in [0.2, 0.25) is 0 Å². The molecule has 0 aromatic carbocycles. The van der Waals surface area contributed by atoms with Crippen molar-refractivity contribution in [3.8, 4) is 12.3 Å². The van der Waals surface area contributed by atoms with Crippen molar-refractivity contribution in [2.24, 2.45) is 17.8 Å². The van der Waals surface area contributed by atoms with Crippen LogP contribution in [-0.2, 0) is 0 Å². The summed E-state index contributed by atoms with van der Waals surface area (Å²) in [6.07, 6.45) is 9.64. The van der Waals surface area contributed by atoms with E-state index in [1.54, 1.807) is 0 Å². The van der Waals surface area contributed by atoms with Crippen molar-refractivity contribution in [1.82, 2.24) is 0 Å². The number of rotatable bonds is 1. The van der Waals surface area contributed by atoms with Crippen LogP contribution in [0.25, 0.3) is 0 Å². The van der Waals surface area contributed by atoms with E-state index in [0.29, 0.717) is 11.8 Å². The molecule has 1 N–H and O–H groups in total. The lowest BCUT2D eigenvalue weighted by Crippen LogP contribution is -2.16. The van der Waals surface area contributed by atoms with Crippen molar-refractivity contribution >= 4 is 0 Å². The molecule has 11 heavy (non-hydrogen) atoms. The monoisotopic (exact) mass is 150 g/mol. The first-order valence-corrected chi connectivity index (χ1v) is 4.44. The van der Waals surface area contributed by atoms with Gasteiger partial charge < -0.3 is 5.11 Å². The molecule has 2 aliphatic carbocycles. The lowest BCUT2D eigenvalue weighted by Gasteiger charge is -2.15. The molecule has 60 valence electrons. The van der Waals surface area contributed by atoms with Gasteiger partial charge in [-0.25, -0.2) is 0 Å². The molecule has 1 nitrogen and oxygen atoms in total. The van der Waals surface area contributed by atoms with E-state index < -0.39 is 0 Å². The molecule has 2 bridgehead atoms. The molecule has 0 radical (unpaired) electrons. The quantitative estimate of drug-likeness (QED) is 0.560. The van der Waals surface area contributed by atoms with Gasteiger partial charge in [0, 0.05) is 6.42 Å². The van der Waals surface area contributed by atoms with Crippen molar-refractivity contribution in [2.45, 2.75) is 31.8 Å². The molecule has 0 aliphatic heterocycles. The molecular weight excluding hydrogens is 136 g/mol. The van der Waals surface area contributed by atoms with Crippen LogP contribution >= 0.6 is 0 Å². The SMILES string of the molecule is C#CC[C@H]1[C@H]2CC[C@@H]1[C@@H](O)C2. The second-order valence-corrected chi connectivity index (χ2v) is 3.88. The normalized spacial score (nSPS) is 47.6. The van der Waals surface area contributed by atoms with Crippen LogP contribution in [0.3, 0.4) is 0 Å². The summed E-state index contributed by atoms with van der Waals surface area (Å²) in [6.45, 7) is 0. The van der Waals surface area contributed by atoms with E-state index in [2.05, 4.69) is 5.92 Å². The zero-order valence-electron chi connectivity index (χ0n) is 6.66. The van der Waals surface area contributed by atoms with Crippen LogP contribution in [0.15, 0.2) is 0 Å². The Morgan fingerprint density at radius 1 is 1.45 bits per heavy atom. The topological polar surface area (TPSA) is 20.2 Å². The van der Waals surface area contributed by atoms with Gasteiger partial charge in [0.05, 0.1) is 6.10 Å². The number of fused-ring (bicyclic) bond motifs is 2. The number of hydrogen-bond donors (Lipinski definition) is 1. The Kier molecular flexibility index (Phi) is 1.65. The van der Waals surface area contributed by atoms with E-state index in [-0.39, 0.29) is 6.10 Å². The highest BCUT2D eigenvalue weighted by Crippen LogP contribution is 2.50. The van der Waals surface area contributed by atoms with Crippen LogP contribution in [0.1, 0.15) is 25.7 Å². The van der Waals surface area contributed by atoms with Crippen LogP contribution < -0.4 is 0 Å². The van der Waals surface area contributed by atoms with Crippen LogP contribution in [-0.4, -0.2) is 11.2 Å². The maximum absolute atomic E-state index is 9.55. The summed E-state index contributed by atoms with van der Waals surface area (Å²) in [5.74, 6) is 4.65. The molecule has 0 heterocycles. The summed E-state index contributed by atoms with van der Waals surface area (Å²) >= 11 is 0. The maximum Gasteiger partial charge on any atom is 0.0574 e. The Bertz CT molecular complexity index is 192. The van der Waals surface area contributed by atoms with Crippen LogP contribution in [0.4, 0.5) is 0 Å². The molecule has 1 heteroatoms. The predicted octanol–water partition coefficient (Wildman–Crippen LogP) is 1.42. The maximum atomic E-state index is 9.55. The molecular formula is C10H14O. The standard InChI is InChI=1S/C10H14O/c1-2-3-8-7-4-5-9(8)10(11)6-7/h1,7-11H,3-6H2/t7-,8-,9-,10-/m0/s1. The highest BCUT2D eigenvalue weighted by Gasteiger charge is 2.46. The van der Waals surface area contributed by atoms with E-state index in [1.807, 2.05) is 0 Å². The van der Waals surface area contributed by atoms with Crippen molar-refractivity contribution in [2.75, 3.05) is 0 Å². The summed E-state index contributed by atoms with van der Waals surface area (Å²) in [5.41, 5.74) is 0. The third-order valence-corrected chi connectivity index (χ3v) is 3.42. The van der Waals surface area contributed by atoms with E-state index in [0.717, 1.165) is 18.8 Å². The fourth-order valence-electron chi connectivity index (χ4n) is 2.89. The molecule has 0 saturated heterocycles. The average molecular weight is 150 g/mol. The van der Waals surface area contributed by atoms with Gasteiger partial charge in [0.15, 0.2) is 0 Å². The first-order valence-electron chi connectivity index (χ1n) is 4.44. The molecule has 0 aromatic heterocycles. The number of aliphatic hydroxyl groups excluding tert-OH is 1. The summed E-state index contributed by atoms with van der Waals surface area (Å²) in [7, 11) is 0. The third-order valence-electron chi connectivity index (χ3n) is 3.42. The fraction of sp³-hybridized carbons (Fsp3) is 0.800. The Hall–Kier alpha value is -0.480. The van der Waals surface area contributed by atoms with Crippen molar-refractivity contribution in [3.63, 3.8) is 0 Å². The van der Waals surface area contributed by atoms with E-state index >= 15 is 0 Å². The lowest BCUT2D eigenvalue weighted by molar-refractivity contribution is 0.107. The molecule has 2 rings (SSSR count). The van der Waals surface area contributed by atoms with Gasteiger partial charge in [0.2, 0.25) is 0 Å². The number of terminal acetylenes is 1. The zero-order valence-corrected chi connectivity index (χ0v) is 6.66. The lowest BCUT2D eigenvalue weighted by atomic mass is 9.94. The average Bonchev–Trinajstić information content (AvgIpc) is 2.46. The Morgan fingerprint density at radius 2 is 2.27 bits per heavy atom. The molecule has 2 aliphatic rings. The fourth-order valence-corrected chi connectivity index (χ4v) is 2.89. The van der Waals surface area contributed by atoms with Crippen LogP contribution in [0, 0.1) is 30.1 Å². The van der Waals surface area contributed by atoms with Gasteiger partial charge in [-0.3, -0.25) is 0 Å². The Balaban J connectivity index is 2.08. The Morgan fingerprint density at radius 3 is 2.73 bits per heavy atom. The van der Waals surface area contributed by atoms with Gasteiger partial charge >= 0.3 is 0 Å². The van der Waals surface area contributed by atoms with Crippen molar-refractivity contribution < 1.29 is 5.11 Å². The summed E-state index contributed by atoms with van der Waals surface area (Å²) in [5, 5.41) is 9.55. The highest BCUT2D eigenvalue weighted by atomic mass is 16.3.